The molecule has 32 heavy (non-hydrogen) atoms. The number of carbonyl (C=O) groups excluding carboxylic acids is 1. The second kappa shape index (κ2) is 8.09. The molecule has 0 atom stereocenters. The van der Waals surface area contributed by atoms with E-state index in [1.165, 1.54) is 27.9 Å². The third-order valence-corrected chi connectivity index (χ3v) is 8.81. The second-order valence-corrected chi connectivity index (χ2v) is 12.2. The van der Waals surface area contributed by atoms with E-state index in [0.717, 1.165) is 41.3 Å². The highest BCUT2D eigenvalue weighted by molar-refractivity contribution is 7.90. The molecule has 0 saturated carbocycles. The van der Waals surface area contributed by atoms with Gasteiger partial charge in [-0.1, -0.05) is 28.7 Å². The highest BCUT2D eigenvalue weighted by Gasteiger charge is 2.27. The number of amides is 1. The third kappa shape index (κ3) is 4.22. The molecule has 2 aromatic heterocycles. The fourth-order valence-electron chi connectivity index (χ4n) is 3.88. The maximum absolute atomic E-state index is 12.8. The van der Waals surface area contributed by atoms with Gasteiger partial charge in [0.1, 0.15) is 0 Å². The predicted molar refractivity (Wildman–Crippen MR) is 131 cm³/mol. The van der Waals surface area contributed by atoms with E-state index in [4.69, 9.17) is 4.98 Å². The minimum Gasteiger partial charge on any atom is -0.348 e. The number of thiazole rings is 2. The lowest BCUT2D eigenvalue weighted by atomic mass is 9.96. The summed E-state index contributed by atoms with van der Waals surface area (Å²) in [7, 11) is -3.28. The summed E-state index contributed by atoms with van der Waals surface area (Å²) in [6.07, 6.45) is 2.69. The largest absolute Gasteiger partial charge is 0.348 e. The second-order valence-electron chi connectivity index (χ2n) is 8.14. The summed E-state index contributed by atoms with van der Waals surface area (Å²) in [5, 5.41) is 4.44. The van der Waals surface area contributed by atoms with Gasteiger partial charge in [-0.3, -0.25) is 4.79 Å². The van der Waals surface area contributed by atoms with Crippen molar-refractivity contribution in [3.63, 3.8) is 0 Å². The van der Waals surface area contributed by atoms with E-state index < -0.39 is 9.84 Å². The summed E-state index contributed by atoms with van der Waals surface area (Å²) < 4.78 is 25.5. The molecule has 1 N–H and O–H groups in total. The molecule has 1 amide bonds. The van der Waals surface area contributed by atoms with Crippen molar-refractivity contribution in [1.29, 1.82) is 0 Å². The molecular weight excluding hydrogens is 464 g/mol. The smallest absolute Gasteiger partial charge is 0.229 e. The molecule has 5 rings (SSSR count). The first kappa shape index (κ1) is 21.3. The monoisotopic (exact) mass is 486 g/mol. The first-order valence-corrected chi connectivity index (χ1v) is 13.8. The van der Waals surface area contributed by atoms with Crippen molar-refractivity contribution in [2.45, 2.75) is 24.7 Å². The molecule has 0 unspecified atom stereocenters. The average Bonchev–Trinajstić information content (AvgIpc) is 3.35. The van der Waals surface area contributed by atoms with Crippen LogP contribution >= 0.6 is 22.7 Å². The quantitative estimate of drug-likeness (QED) is 0.457. The fourth-order valence-corrected chi connectivity index (χ4v) is 6.63. The topological polar surface area (TPSA) is 92.3 Å². The number of anilines is 2. The van der Waals surface area contributed by atoms with Crippen LogP contribution < -0.4 is 10.2 Å². The van der Waals surface area contributed by atoms with Crippen LogP contribution in [0.3, 0.4) is 0 Å². The van der Waals surface area contributed by atoms with Crippen molar-refractivity contribution < 1.29 is 13.2 Å². The number of aryl methyl sites for hydroxylation is 1. The first-order chi connectivity index (χ1) is 15.3. The number of aromatic nitrogens is 2. The van der Waals surface area contributed by atoms with Gasteiger partial charge in [0.15, 0.2) is 20.1 Å². The van der Waals surface area contributed by atoms with Gasteiger partial charge in [0.2, 0.25) is 5.91 Å². The number of carbonyl (C=O) groups is 1. The van der Waals surface area contributed by atoms with Gasteiger partial charge in [0.25, 0.3) is 0 Å². The molecule has 0 aliphatic carbocycles. The van der Waals surface area contributed by atoms with Crippen molar-refractivity contribution in [2.75, 3.05) is 29.6 Å². The minimum atomic E-state index is -3.28. The van der Waals surface area contributed by atoms with Crippen molar-refractivity contribution in [3.8, 4) is 0 Å². The summed E-state index contributed by atoms with van der Waals surface area (Å²) >= 11 is 2.99. The number of hydrogen-bond donors (Lipinski definition) is 1. The van der Waals surface area contributed by atoms with E-state index in [1.54, 1.807) is 29.5 Å². The van der Waals surface area contributed by atoms with Crippen molar-refractivity contribution >= 4 is 69.1 Å². The van der Waals surface area contributed by atoms with Crippen LogP contribution in [-0.2, 0) is 14.6 Å². The van der Waals surface area contributed by atoms with E-state index in [-0.39, 0.29) is 16.7 Å². The molecule has 4 aromatic rings. The van der Waals surface area contributed by atoms with Gasteiger partial charge < -0.3 is 10.2 Å². The molecule has 3 heterocycles. The SMILES string of the molecule is Cc1ccc2nc(N3CCC(C(=O)Nc4nc5ccc(S(C)(=O)=O)cc5s4)CC3)sc2c1. The molecule has 1 fully saturated rings. The van der Waals surface area contributed by atoms with E-state index in [0.29, 0.717) is 10.6 Å². The maximum atomic E-state index is 12.8. The summed E-state index contributed by atoms with van der Waals surface area (Å²) in [5.41, 5.74) is 2.93. The zero-order valence-corrected chi connectivity index (χ0v) is 20.1. The first-order valence-electron chi connectivity index (χ1n) is 10.3. The molecule has 0 radical (unpaired) electrons. The van der Waals surface area contributed by atoms with Crippen LogP contribution in [0.2, 0.25) is 0 Å². The number of fused-ring (bicyclic) bond motifs is 2. The summed E-state index contributed by atoms with van der Waals surface area (Å²) in [4.78, 5) is 24.5. The number of sulfone groups is 1. The Morgan fingerprint density at radius 2 is 1.72 bits per heavy atom. The number of piperidine rings is 1. The van der Waals surface area contributed by atoms with Crippen molar-refractivity contribution in [2.24, 2.45) is 5.92 Å². The lowest BCUT2D eigenvalue weighted by molar-refractivity contribution is -0.120. The van der Waals surface area contributed by atoms with Gasteiger partial charge in [-0.05, 0) is 55.7 Å². The van der Waals surface area contributed by atoms with E-state index in [1.807, 2.05) is 0 Å². The fraction of sp³-hybridized carbons (Fsp3) is 0.318. The molecule has 0 spiro atoms. The normalized spacial score (nSPS) is 15.5. The van der Waals surface area contributed by atoms with Crippen molar-refractivity contribution in [3.05, 3.63) is 42.0 Å². The van der Waals surface area contributed by atoms with E-state index in [2.05, 4.69) is 40.3 Å². The van der Waals surface area contributed by atoms with Crippen LogP contribution in [0.1, 0.15) is 18.4 Å². The maximum Gasteiger partial charge on any atom is 0.229 e. The van der Waals surface area contributed by atoms with Crippen LogP contribution in [0.5, 0.6) is 0 Å². The Balaban J connectivity index is 1.24. The Labute approximate surface area is 194 Å². The Hall–Kier alpha value is -2.56. The highest BCUT2D eigenvalue weighted by atomic mass is 32.2. The molecule has 0 bridgehead atoms. The van der Waals surface area contributed by atoms with Gasteiger partial charge >= 0.3 is 0 Å². The molecule has 7 nitrogen and oxygen atoms in total. The van der Waals surface area contributed by atoms with Crippen LogP contribution in [-0.4, -0.2) is 43.6 Å². The van der Waals surface area contributed by atoms with Gasteiger partial charge in [-0.15, -0.1) is 0 Å². The Bertz CT molecular complexity index is 1430. The highest BCUT2D eigenvalue weighted by Crippen LogP contribution is 2.33. The van der Waals surface area contributed by atoms with Gasteiger partial charge in [-0.2, -0.15) is 0 Å². The Kier molecular flexibility index (Phi) is 5.39. The molecule has 1 aliphatic heterocycles. The average molecular weight is 487 g/mol. The van der Waals surface area contributed by atoms with Gasteiger partial charge in [-0.25, -0.2) is 18.4 Å². The van der Waals surface area contributed by atoms with E-state index >= 15 is 0 Å². The van der Waals surface area contributed by atoms with E-state index in [9.17, 15) is 13.2 Å². The van der Waals surface area contributed by atoms with Crippen LogP contribution in [0.4, 0.5) is 10.3 Å². The summed E-state index contributed by atoms with van der Waals surface area (Å²) in [6.45, 7) is 3.65. The van der Waals surface area contributed by atoms with Gasteiger partial charge in [0.05, 0.1) is 25.3 Å². The molecule has 2 aromatic carbocycles. The predicted octanol–water partition coefficient (Wildman–Crippen LogP) is 4.47. The molecule has 10 heteroatoms. The van der Waals surface area contributed by atoms with Crippen molar-refractivity contribution in [1.82, 2.24) is 9.97 Å². The standard InChI is InChI=1S/C22H22N4O3S3/c1-13-3-5-17-18(11-13)31-22(24-17)26-9-7-14(8-10-26)20(27)25-21-23-16-6-4-15(32(2,28)29)12-19(16)30-21/h3-6,11-12,14H,7-10H2,1-2H3,(H,23,25,27). The Morgan fingerprint density at radius 3 is 2.47 bits per heavy atom. The third-order valence-electron chi connectivity index (χ3n) is 5.69. The van der Waals surface area contributed by atoms with Crippen LogP contribution in [0.15, 0.2) is 41.3 Å². The summed E-state index contributed by atoms with van der Waals surface area (Å²) in [6, 6.07) is 11.1. The molecule has 1 saturated heterocycles. The van der Waals surface area contributed by atoms with Gasteiger partial charge in [0, 0.05) is 25.3 Å². The summed E-state index contributed by atoms with van der Waals surface area (Å²) in [5.74, 6) is -0.117. The van der Waals surface area contributed by atoms with Crippen LogP contribution in [0.25, 0.3) is 20.4 Å². The van der Waals surface area contributed by atoms with Crippen LogP contribution in [0, 0.1) is 12.8 Å². The Morgan fingerprint density at radius 1 is 1.03 bits per heavy atom. The molecule has 166 valence electrons. The molecule has 1 aliphatic rings. The number of nitrogens with zero attached hydrogens (tertiary/aromatic N) is 3. The zero-order chi connectivity index (χ0) is 22.5. The lowest BCUT2D eigenvalue weighted by Crippen LogP contribution is -2.38. The number of nitrogens with one attached hydrogen (secondary N) is 1. The molecular formula is C22H22N4O3S3. The minimum absolute atomic E-state index is 0.0352. The number of benzene rings is 2. The lowest BCUT2D eigenvalue weighted by Gasteiger charge is -2.30. The number of hydrogen-bond acceptors (Lipinski definition) is 8. The number of rotatable bonds is 4. The zero-order valence-electron chi connectivity index (χ0n) is 17.7.